The third-order valence-electron chi connectivity index (χ3n) is 11.0. The van der Waals surface area contributed by atoms with Crippen LogP contribution in [0.4, 0.5) is 0 Å². The average Bonchev–Trinajstić information content (AvgIpc) is 3.62. The Labute approximate surface area is 308 Å². The van der Waals surface area contributed by atoms with E-state index in [0.717, 1.165) is 22.3 Å². The maximum atomic E-state index is 13.7. The van der Waals surface area contributed by atoms with Gasteiger partial charge < -0.3 is 34.7 Å². The Morgan fingerprint density at radius 3 is 2.53 bits per heavy atom. The lowest BCUT2D eigenvalue weighted by atomic mass is 9.71. The monoisotopic (exact) mass is 721 g/mol. The number of methoxy groups -OCH3 is 1. The van der Waals surface area contributed by atoms with Gasteiger partial charge in [-0.2, -0.15) is 5.26 Å². The normalized spacial score (nSPS) is 23.2. The highest BCUT2D eigenvalue weighted by atomic mass is 16.7. The molecule has 3 aromatic rings. The number of piperazine rings is 1. The van der Waals surface area contributed by atoms with Crippen LogP contribution in [0.2, 0.25) is 0 Å². The van der Waals surface area contributed by atoms with E-state index in [-0.39, 0.29) is 25.1 Å². The molecule has 4 heterocycles. The maximum absolute atomic E-state index is 13.7. The summed E-state index contributed by atoms with van der Waals surface area (Å²) in [5.74, 6) is 0.331. The summed E-state index contributed by atoms with van der Waals surface area (Å²) in [5.41, 5.74) is 5.26. The number of carbonyl (C=O) groups excluding carboxylic acids is 3. The number of phenolic OH excluding ortho intramolecular Hbond substituents is 1. The molecule has 4 aliphatic rings. The second-order valence-electron chi connectivity index (χ2n) is 14.1. The number of nitrogens with one attached hydrogen (secondary N) is 2. The third kappa shape index (κ3) is 6.11. The smallest absolute Gasteiger partial charge is 0.308 e. The van der Waals surface area contributed by atoms with Crippen LogP contribution in [0.3, 0.4) is 0 Å². The number of nitriles is 1. The quantitative estimate of drug-likeness (QED) is 0.176. The van der Waals surface area contributed by atoms with E-state index in [0.29, 0.717) is 52.5 Å². The van der Waals surface area contributed by atoms with Gasteiger partial charge in [0.05, 0.1) is 25.3 Å². The number of aromatic hydroxyl groups is 1. The lowest BCUT2D eigenvalue weighted by Gasteiger charge is -2.60. The van der Waals surface area contributed by atoms with Gasteiger partial charge in [0.25, 0.3) is 0 Å². The number of aryl methyl sites for hydroxylation is 1. The molecule has 1 fully saturated rings. The number of nitrogens with zero attached hydrogens (tertiary/aromatic N) is 3. The SMILES string of the molecule is COc1c(C)cc2c(c1O)C1C3Cc4c(OC(C)=O)c(C)c5c(c4[C@H](CNC(=O)[C@H](C)NC(=O)/C=C/c4ccccc4)N3[C@@H](C#N)C(C2)N1C)OCO5. The fraction of sp³-hybridized carbons (Fsp3) is 0.400. The van der Waals surface area contributed by atoms with Crippen molar-refractivity contribution in [2.75, 3.05) is 27.5 Å². The predicted molar refractivity (Wildman–Crippen MR) is 194 cm³/mol. The van der Waals surface area contributed by atoms with Crippen LogP contribution in [0.25, 0.3) is 6.08 Å². The maximum Gasteiger partial charge on any atom is 0.308 e. The highest BCUT2D eigenvalue weighted by molar-refractivity contribution is 5.95. The van der Waals surface area contributed by atoms with Crippen molar-refractivity contribution in [1.82, 2.24) is 20.4 Å². The van der Waals surface area contributed by atoms with Gasteiger partial charge in [0, 0.05) is 53.9 Å². The van der Waals surface area contributed by atoms with Crippen molar-refractivity contribution in [2.24, 2.45) is 0 Å². The van der Waals surface area contributed by atoms with Crippen molar-refractivity contribution in [3.05, 3.63) is 81.4 Å². The van der Waals surface area contributed by atoms with Gasteiger partial charge in [0.2, 0.25) is 18.6 Å². The average molecular weight is 722 g/mol. The van der Waals surface area contributed by atoms with Crippen molar-refractivity contribution in [3.63, 3.8) is 0 Å². The van der Waals surface area contributed by atoms with Gasteiger partial charge in [-0.15, -0.1) is 0 Å². The molecule has 13 nitrogen and oxygen atoms in total. The first-order chi connectivity index (χ1) is 25.4. The summed E-state index contributed by atoms with van der Waals surface area (Å²) in [6.45, 7) is 6.61. The van der Waals surface area contributed by atoms with Gasteiger partial charge in [-0.1, -0.05) is 36.4 Å². The Hall–Kier alpha value is -5.58. The predicted octanol–water partition coefficient (Wildman–Crippen LogP) is 3.78. The highest BCUT2D eigenvalue weighted by Crippen LogP contribution is 2.58. The molecule has 0 radical (unpaired) electrons. The van der Waals surface area contributed by atoms with E-state index in [2.05, 4.69) is 26.5 Å². The second kappa shape index (κ2) is 14.1. The van der Waals surface area contributed by atoms with Gasteiger partial charge in [0.15, 0.2) is 23.0 Å². The number of fused-ring (bicyclic) bond motifs is 9. The van der Waals surface area contributed by atoms with Crippen LogP contribution in [0, 0.1) is 25.2 Å². The van der Waals surface area contributed by atoms with Gasteiger partial charge in [-0.25, -0.2) is 0 Å². The van der Waals surface area contributed by atoms with Crippen LogP contribution in [0.15, 0.2) is 42.5 Å². The lowest BCUT2D eigenvalue weighted by Crippen LogP contribution is -2.69. The molecule has 0 aromatic heterocycles. The number of hydrogen-bond acceptors (Lipinski definition) is 11. The molecular formula is C40H43N5O8. The molecule has 4 aliphatic heterocycles. The number of likely N-dealkylation sites (N-methyl/N-ethyl adjacent to an activating group) is 1. The minimum absolute atomic E-state index is 0.0260. The number of benzene rings is 3. The van der Waals surface area contributed by atoms with Crippen LogP contribution in [-0.4, -0.2) is 84.4 Å². The largest absolute Gasteiger partial charge is 0.504 e. The van der Waals surface area contributed by atoms with E-state index >= 15 is 0 Å². The van der Waals surface area contributed by atoms with Crippen LogP contribution in [-0.2, 0) is 27.2 Å². The molecule has 3 unspecified atom stereocenters. The van der Waals surface area contributed by atoms with E-state index in [1.54, 1.807) is 13.0 Å². The fourth-order valence-electron chi connectivity index (χ4n) is 8.72. The summed E-state index contributed by atoms with van der Waals surface area (Å²) in [7, 11) is 3.49. The number of hydrogen-bond donors (Lipinski definition) is 3. The number of esters is 1. The molecule has 7 rings (SSSR count). The van der Waals surface area contributed by atoms with Gasteiger partial charge >= 0.3 is 5.97 Å². The highest BCUT2D eigenvalue weighted by Gasteiger charge is 2.57. The van der Waals surface area contributed by atoms with Crippen molar-refractivity contribution in [2.45, 2.75) is 76.8 Å². The Morgan fingerprint density at radius 1 is 1.09 bits per heavy atom. The number of phenols is 1. The first kappa shape index (κ1) is 35.8. The summed E-state index contributed by atoms with van der Waals surface area (Å²) in [6.07, 6.45) is 3.88. The Balaban J connectivity index is 1.30. The number of amides is 2. The molecular weight excluding hydrogens is 678 g/mol. The van der Waals surface area contributed by atoms with Crippen molar-refractivity contribution in [1.29, 1.82) is 5.26 Å². The Morgan fingerprint density at radius 2 is 1.83 bits per heavy atom. The Bertz CT molecular complexity index is 2060. The van der Waals surface area contributed by atoms with Crippen LogP contribution < -0.4 is 29.6 Å². The Kier molecular flexibility index (Phi) is 9.52. The van der Waals surface area contributed by atoms with Crippen molar-refractivity contribution >= 4 is 23.9 Å². The molecule has 6 atom stereocenters. The summed E-state index contributed by atoms with van der Waals surface area (Å²) in [6, 6.07) is 10.7. The molecule has 3 aromatic carbocycles. The fourth-order valence-corrected chi connectivity index (χ4v) is 8.72. The number of rotatable bonds is 8. The molecule has 0 aliphatic carbocycles. The molecule has 0 saturated carbocycles. The van der Waals surface area contributed by atoms with Gasteiger partial charge in [0.1, 0.15) is 17.8 Å². The zero-order chi connectivity index (χ0) is 37.7. The topological polar surface area (TPSA) is 163 Å². The lowest BCUT2D eigenvalue weighted by molar-refractivity contribution is -0.132. The van der Waals surface area contributed by atoms with E-state index < -0.39 is 48.0 Å². The number of carbonyl (C=O) groups is 3. The van der Waals surface area contributed by atoms with Crippen molar-refractivity contribution in [3.8, 4) is 34.8 Å². The van der Waals surface area contributed by atoms with E-state index in [9.17, 15) is 24.8 Å². The van der Waals surface area contributed by atoms with E-state index in [4.69, 9.17) is 18.9 Å². The van der Waals surface area contributed by atoms with Crippen LogP contribution in [0.1, 0.15) is 64.9 Å². The minimum Gasteiger partial charge on any atom is -0.504 e. The summed E-state index contributed by atoms with van der Waals surface area (Å²) in [5, 5.41) is 28.4. The molecule has 276 valence electrons. The molecule has 53 heavy (non-hydrogen) atoms. The van der Waals surface area contributed by atoms with Crippen LogP contribution >= 0.6 is 0 Å². The zero-order valence-electron chi connectivity index (χ0n) is 30.6. The van der Waals surface area contributed by atoms with Gasteiger partial charge in [-0.3, -0.25) is 24.2 Å². The van der Waals surface area contributed by atoms with E-state index in [1.807, 2.05) is 57.3 Å². The summed E-state index contributed by atoms with van der Waals surface area (Å²) < 4.78 is 23.6. The standard InChI is InChI=1S/C40H43N5O8/c1-20-14-25-15-27-29(17-41)45-28(34(44(27)5)32(25)35(48)36(20)50-6)16-26-33(39-38(51-19-52-39)21(2)37(26)53-23(4)46)30(45)18-42-40(49)22(3)43-31(47)13-12-24-10-8-7-9-11-24/h7-14,22,27-30,34,48H,15-16,18-19H2,1-6H3,(H,42,49)(H,43,47)/b13-12+/t22-,27?,28?,29-,30-,34?/m0/s1. The molecule has 0 spiro atoms. The van der Waals surface area contributed by atoms with Crippen molar-refractivity contribution < 1.29 is 38.4 Å². The van der Waals surface area contributed by atoms with Crippen LogP contribution in [0.5, 0.6) is 28.7 Å². The molecule has 2 bridgehead atoms. The second-order valence-corrected chi connectivity index (χ2v) is 14.1. The van der Waals surface area contributed by atoms with E-state index in [1.165, 1.54) is 20.1 Å². The molecule has 3 N–H and O–H groups in total. The summed E-state index contributed by atoms with van der Waals surface area (Å²) >= 11 is 0. The van der Waals surface area contributed by atoms with Gasteiger partial charge in [-0.05, 0) is 63.4 Å². The molecule has 2 amide bonds. The summed E-state index contributed by atoms with van der Waals surface area (Å²) in [4.78, 5) is 43.3. The minimum atomic E-state index is -0.889. The molecule has 1 saturated heterocycles. The number of ether oxygens (including phenoxy) is 4. The first-order valence-corrected chi connectivity index (χ1v) is 17.7. The zero-order valence-corrected chi connectivity index (χ0v) is 30.6. The third-order valence-corrected chi connectivity index (χ3v) is 11.0. The molecule has 13 heteroatoms. The first-order valence-electron chi connectivity index (χ1n) is 17.7.